The molecule has 0 radical (unpaired) electrons. The molecule has 2 aromatic rings. The number of amides is 2. The van der Waals surface area contributed by atoms with Crippen molar-refractivity contribution in [2.75, 3.05) is 18.6 Å². The van der Waals surface area contributed by atoms with E-state index in [2.05, 4.69) is 5.32 Å². The van der Waals surface area contributed by atoms with Crippen LogP contribution in [0.15, 0.2) is 41.0 Å². The number of carbonyl (C=O) groups is 2. The molecule has 2 heterocycles. The molecule has 1 fully saturated rings. The monoisotopic (exact) mass is 328 g/mol. The van der Waals surface area contributed by atoms with Crippen LogP contribution in [0.5, 0.6) is 5.75 Å². The SMILES string of the molecule is COc1ccc(C)cc1N1CC(C(=O)NCc2ccco2)CC1=O. The highest BCUT2D eigenvalue weighted by atomic mass is 16.5. The highest BCUT2D eigenvalue weighted by Crippen LogP contribution is 2.33. The summed E-state index contributed by atoms with van der Waals surface area (Å²) in [4.78, 5) is 26.3. The average Bonchev–Trinajstić information content (AvgIpc) is 3.22. The Balaban J connectivity index is 1.69. The second kappa shape index (κ2) is 6.78. The molecule has 24 heavy (non-hydrogen) atoms. The Hall–Kier alpha value is -2.76. The van der Waals surface area contributed by atoms with Gasteiger partial charge in [-0.15, -0.1) is 0 Å². The molecule has 1 aromatic carbocycles. The molecule has 1 aliphatic heterocycles. The highest BCUT2D eigenvalue weighted by molar-refractivity contribution is 6.01. The maximum absolute atomic E-state index is 12.4. The van der Waals surface area contributed by atoms with E-state index >= 15 is 0 Å². The van der Waals surface area contributed by atoms with Crippen LogP contribution in [-0.2, 0) is 16.1 Å². The van der Waals surface area contributed by atoms with Crippen LogP contribution in [0.4, 0.5) is 5.69 Å². The fraction of sp³-hybridized carbons (Fsp3) is 0.333. The third-order valence-corrected chi connectivity index (χ3v) is 4.14. The van der Waals surface area contributed by atoms with Gasteiger partial charge in [0.2, 0.25) is 11.8 Å². The van der Waals surface area contributed by atoms with Crippen molar-refractivity contribution < 1.29 is 18.7 Å². The molecule has 2 amide bonds. The molecule has 0 bridgehead atoms. The first kappa shape index (κ1) is 16.1. The number of anilines is 1. The van der Waals surface area contributed by atoms with Crippen molar-refractivity contribution >= 4 is 17.5 Å². The first-order valence-electron chi connectivity index (χ1n) is 7.83. The molecule has 1 aliphatic rings. The van der Waals surface area contributed by atoms with Gasteiger partial charge in [-0.25, -0.2) is 0 Å². The molecular formula is C18H20N2O4. The third kappa shape index (κ3) is 3.27. The fourth-order valence-electron chi connectivity index (χ4n) is 2.86. The summed E-state index contributed by atoms with van der Waals surface area (Å²) in [6.45, 7) is 2.63. The topological polar surface area (TPSA) is 71.8 Å². The second-order valence-corrected chi connectivity index (χ2v) is 5.88. The van der Waals surface area contributed by atoms with Crippen molar-refractivity contribution in [3.63, 3.8) is 0 Å². The standard InChI is InChI=1S/C18H20N2O4/c1-12-5-6-16(23-2)15(8-12)20-11-13(9-17(20)21)18(22)19-10-14-4-3-7-24-14/h3-8,13H,9-11H2,1-2H3,(H,19,22). The van der Waals surface area contributed by atoms with E-state index in [1.807, 2.05) is 25.1 Å². The van der Waals surface area contributed by atoms with Gasteiger partial charge in [-0.05, 0) is 36.8 Å². The summed E-state index contributed by atoms with van der Waals surface area (Å²) in [7, 11) is 1.57. The summed E-state index contributed by atoms with van der Waals surface area (Å²) >= 11 is 0. The van der Waals surface area contributed by atoms with Gasteiger partial charge in [0.05, 0.1) is 31.5 Å². The molecule has 1 unspecified atom stereocenters. The van der Waals surface area contributed by atoms with Gasteiger partial charge in [0.1, 0.15) is 11.5 Å². The molecule has 0 aliphatic carbocycles. The zero-order chi connectivity index (χ0) is 17.1. The van der Waals surface area contributed by atoms with Gasteiger partial charge in [0.15, 0.2) is 0 Å². The molecule has 1 aromatic heterocycles. The number of aryl methyl sites for hydroxylation is 1. The molecule has 6 nitrogen and oxygen atoms in total. The Morgan fingerprint density at radius 2 is 2.25 bits per heavy atom. The van der Waals surface area contributed by atoms with Crippen LogP contribution in [0.25, 0.3) is 0 Å². The number of hydrogen-bond acceptors (Lipinski definition) is 4. The molecule has 126 valence electrons. The van der Waals surface area contributed by atoms with Crippen LogP contribution in [-0.4, -0.2) is 25.5 Å². The first-order valence-corrected chi connectivity index (χ1v) is 7.83. The molecule has 0 saturated carbocycles. The lowest BCUT2D eigenvalue weighted by Crippen LogP contribution is -2.32. The predicted molar refractivity (Wildman–Crippen MR) is 88.7 cm³/mol. The number of ether oxygens (including phenoxy) is 1. The number of methoxy groups -OCH3 is 1. The van der Waals surface area contributed by atoms with Crippen molar-refractivity contribution in [2.45, 2.75) is 19.9 Å². The fourth-order valence-corrected chi connectivity index (χ4v) is 2.86. The van der Waals surface area contributed by atoms with Gasteiger partial charge >= 0.3 is 0 Å². The summed E-state index contributed by atoms with van der Waals surface area (Å²) in [6, 6.07) is 9.23. The van der Waals surface area contributed by atoms with E-state index < -0.39 is 0 Å². The number of nitrogens with zero attached hydrogens (tertiary/aromatic N) is 1. The summed E-state index contributed by atoms with van der Waals surface area (Å²) in [6.07, 6.45) is 1.76. The number of hydrogen-bond donors (Lipinski definition) is 1. The van der Waals surface area contributed by atoms with E-state index in [0.717, 1.165) is 5.56 Å². The Kier molecular flexibility index (Phi) is 4.55. The summed E-state index contributed by atoms with van der Waals surface area (Å²) in [5.41, 5.74) is 1.74. The van der Waals surface area contributed by atoms with E-state index in [-0.39, 0.29) is 24.2 Å². The number of nitrogens with one attached hydrogen (secondary N) is 1. The van der Waals surface area contributed by atoms with Crippen LogP contribution in [0, 0.1) is 12.8 Å². The Bertz CT molecular complexity index is 739. The minimum atomic E-state index is -0.377. The van der Waals surface area contributed by atoms with Gasteiger partial charge in [0, 0.05) is 13.0 Å². The molecular weight excluding hydrogens is 308 g/mol. The van der Waals surface area contributed by atoms with Gasteiger partial charge < -0.3 is 19.4 Å². The van der Waals surface area contributed by atoms with Crippen molar-refractivity contribution in [1.29, 1.82) is 0 Å². The molecule has 6 heteroatoms. The summed E-state index contributed by atoms with van der Waals surface area (Å²) in [5.74, 6) is 0.721. The lowest BCUT2D eigenvalue weighted by molar-refractivity contribution is -0.126. The molecule has 1 saturated heterocycles. The zero-order valence-corrected chi connectivity index (χ0v) is 13.7. The lowest BCUT2D eigenvalue weighted by atomic mass is 10.1. The lowest BCUT2D eigenvalue weighted by Gasteiger charge is -2.20. The Morgan fingerprint density at radius 1 is 1.42 bits per heavy atom. The third-order valence-electron chi connectivity index (χ3n) is 4.14. The average molecular weight is 328 g/mol. The first-order chi connectivity index (χ1) is 11.6. The molecule has 3 rings (SSSR count). The summed E-state index contributed by atoms with van der Waals surface area (Å²) in [5, 5.41) is 2.82. The van der Waals surface area contributed by atoms with Crippen molar-refractivity contribution in [1.82, 2.24) is 5.32 Å². The largest absolute Gasteiger partial charge is 0.495 e. The van der Waals surface area contributed by atoms with Crippen LogP contribution < -0.4 is 15.0 Å². The second-order valence-electron chi connectivity index (χ2n) is 5.88. The molecule has 1 atom stereocenters. The molecule has 1 N–H and O–H groups in total. The minimum absolute atomic E-state index is 0.0722. The van der Waals surface area contributed by atoms with Gasteiger partial charge in [-0.2, -0.15) is 0 Å². The van der Waals surface area contributed by atoms with E-state index in [9.17, 15) is 9.59 Å². The van der Waals surface area contributed by atoms with Crippen LogP contribution in [0.1, 0.15) is 17.7 Å². The van der Waals surface area contributed by atoms with Crippen molar-refractivity contribution in [3.05, 3.63) is 47.9 Å². The number of furan rings is 1. The van der Waals surface area contributed by atoms with Crippen molar-refractivity contribution in [3.8, 4) is 5.75 Å². The molecule has 0 spiro atoms. The highest BCUT2D eigenvalue weighted by Gasteiger charge is 2.36. The maximum Gasteiger partial charge on any atom is 0.227 e. The van der Waals surface area contributed by atoms with Gasteiger partial charge in [-0.1, -0.05) is 6.07 Å². The Morgan fingerprint density at radius 3 is 2.96 bits per heavy atom. The predicted octanol–water partition coefficient (Wildman–Crippen LogP) is 2.27. The van der Waals surface area contributed by atoms with E-state index in [0.29, 0.717) is 30.3 Å². The quantitative estimate of drug-likeness (QED) is 0.914. The normalized spacial score (nSPS) is 17.2. The summed E-state index contributed by atoms with van der Waals surface area (Å²) < 4.78 is 10.5. The maximum atomic E-state index is 12.4. The van der Waals surface area contributed by atoms with E-state index in [4.69, 9.17) is 9.15 Å². The van der Waals surface area contributed by atoms with Crippen LogP contribution in [0.2, 0.25) is 0 Å². The van der Waals surface area contributed by atoms with Crippen molar-refractivity contribution in [2.24, 2.45) is 5.92 Å². The number of benzene rings is 1. The van der Waals surface area contributed by atoms with Crippen LogP contribution in [0.3, 0.4) is 0 Å². The number of carbonyl (C=O) groups excluding carboxylic acids is 2. The Labute approximate surface area is 140 Å². The minimum Gasteiger partial charge on any atom is -0.495 e. The van der Waals surface area contributed by atoms with E-state index in [1.165, 1.54) is 0 Å². The van der Waals surface area contributed by atoms with Crippen LogP contribution >= 0.6 is 0 Å². The van der Waals surface area contributed by atoms with Gasteiger partial charge in [0.25, 0.3) is 0 Å². The van der Waals surface area contributed by atoms with E-state index in [1.54, 1.807) is 30.4 Å². The smallest absolute Gasteiger partial charge is 0.227 e. The van der Waals surface area contributed by atoms with Gasteiger partial charge in [-0.3, -0.25) is 9.59 Å². The number of rotatable bonds is 5. The zero-order valence-electron chi connectivity index (χ0n) is 13.7.